The Balaban J connectivity index is 1.97. The van der Waals surface area contributed by atoms with Crippen LogP contribution in [0.5, 0.6) is 11.5 Å². The molecule has 0 spiro atoms. The first kappa shape index (κ1) is 26.7. The number of amides is 2. The van der Waals surface area contributed by atoms with E-state index in [1.807, 2.05) is 19.0 Å². The molecule has 3 N–H and O–H groups in total. The minimum absolute atomic E-state index is 0.0178. The topological polar surface area (TPSA) is 122 Å². The van der Waals surface area contributed by atoms with Crippen molar-refractivity contribution in [3.8, 4) is 11.5 Å². The Labute approximate surface area is 211 Å². The van der Waals surface area contributed by atoms with E-state index in [1.165, 1.54) is 4.90 Å². The van der Waals surface area contributed by atoms with Crippen LogP contribution in [-0.4, -0.2) is 72.9 Å². The van der Waals surface area contributed by atoms with Crippen LogP contribution in [0.3, 0.4) is 0 Å². The number of likely N-dealkylation sites (tertiary alicyclic amines) is 1. The first-order valence-corrected chi connectivity index (χ1v) is 11.9. The van der Waals surface area contributed by atoms with Crippen molar-refractivity contribution in [3.05, 3.63) is 65.2 Å². The third kappa shape index (κ3) is 6.42. The van der Waals surface area contributed by atoms with E-state index in [1.54, 1.807) is 48.5 Å². The van der Waals surface area contributed by atoms with Crippen LogP contribution >= 0.6 is 0 Å². The average Bonchev–Trinajstić information content (AvgIpc) is 3.11. The van der Waals surface area contributed by atoms with Crippen LogP contribution in [0.4, 0.5) is 0 Å². The lowest BCUT2D eigenvalue weighted by Gasteiger charge is -2.26. The summed E-state index contributed by atoms with van der Waals surface area (Å²) in [5.41, 5.74) is 6.19. The summed E-state index contributed by atoms with van der Waals surface area (Å²) >= 11 is 0. The molecule has 2 aromatic carbocycles. The number of Topliss-reactive ketones (excluding diaryl/α,β-unsaturated/α-hetero) is 1. The predicted octanol–water partition coefficient (Wildman–Crippen LogP) is 2.71. The number of primary amides is 1. The van der Waals surface area contributed by atoms with Gasteiger partial charge in [0.15, 0.2) is 6.61 Å². The second kappa shape index (κ2) is 12.2. The molecule has 0 bridgehead atoms. The SMILES string of the molecule is CCCCOc1ccc(C(O)=C2C(=O)C(=O)N(CCN(C)C)C2c2ccc(OCC(N)=O)cc2)cc1. The quantitative estimate of drug-likeness (QED) is 0.201. The Bertz CT molecular complexity index is 1110. The third-order valence-corrected chi connectivity index (χ3v) is 5.80. The minimum atomic E-state index is -0.782. The molecule has 0 aromatic heterocycles. The zero-order valence-corrected chi connectivity index (χ0v) is 20.9. The summed E-state index contributed by atoms with van der Waals surface area (Å²) in [6.45, 7) is 3.24. The zero-order chi connectivity index (χ0) is 26.2. The number of hydrogen-bond acceptors (Lipinski definition) is 7. The molecular weight excluding hydrogens is 462 g/mol. The van der Waals surface area contributed by atoms with Crippen molar-refractivity contribution >= 4 is 23.4 Å². The number of aliphatic hydroxyl groups excluding tert-OH is 1. The summed E-state index contributed by atoms with van der Waals surface area (Å²) in [6, 6.07) is 12.7. The Morgan fingerprint density at radius 2 is 1.64 bits per heavy atom. The molecule has 2 amide bonds. The highest BCUT2D eigenvalue weighted by Gasteiger charge is 2.45. The van der Waals surface area contributed by atoms with Gasteiger partial charge in [0.25, 0.3) is 17.6 Å². The average molecular weight is 496 g/mol. The molecule has 9 nitrogen and oxygen atoms in total. The lowest BCUT2D eigenvalue weighted by atomic mass is 9.95. The Hall–Kier alpha value is -3.85. The maximum Gasteiger partial charge on any atom is 0.295 e. The lowest BCUT2D eigenvalue weighted by Crippen LogP contribution is -2.35. The molecule has 0 saturated carbocycles. The fourth-order valence-corrected chi connectivity index (χ4v) is 3.86. The second-order valence-corrected chi connectivity index (χ2v) is 8.85. The number of likely N-dealkylation sites (N-methyl/N-ethyl adjacent to an activating group) is 1. The number of benzene rings is 2. The Morgan fingerprint density at radius 1 is 1.03 bits per heavy atom. The molecule has 9 heteroatoms. The van der Waals surface area contributed by atoms with Crippen molar-refractivity contribution in [1.82, 2.24) is 9.80 Å². The highest BCUT2D eigenvalue weighted by Crippen LogP contribution is 2.39. The number of rotatable bonds is 12. The van der Waals surface area contributed by atoms with Crippen LogP contribution in [0, 0.1) is 0 Å². The van der Waals surface area contributed by atoms with Crippen molar-refractivity contribution in [2.75, 3.05) is 40.4 Å². The maximum atomic E-state index is 13.1. The fraction of sp³-hybridized carbons (Fsp3) is 0.370. The third-order valence-electron chi connectivity index (χ3n) is 5.80. The molecule has 3 rings (SSSR count). The number of carbonyl (C=O) groups excluding carboxylic acids is 3. The summed E-state index contributed by atoms with van der Waals surface area (Å²) in [6.07, 6.45) is 1.95. The smallest absolute Gasteiger partial charge is 0.295 e. The summed E-state index contributed by atoms with van der Waals surface area (Å²) in [5, 5.41) is 11.2. The Kier molecular flexibility index (Phi) is 9.08. The van der Waals surface area contributed by atoms with Crippen LogP contribution in [0.25, 0.3) is 5.76 Å². The van der Waals surface area contributed by atoms with Gasteiger partial charge in [0.05, 0.1) is 18.2 Å². The number of ether oxygens (including phenoxy) is 2. The number of ketones is 1. The zero-order valence-electron chi connectivity index (χ0n) is 20.9. The van der Waals surface area contributed by atoms with Gasteiger partial charge in [-0.25, -0.2) is 0 Å². The molecule has 1 heterocycles. The molecule has 0 aliphatic carbocycles. The van der Waals surface area contributed by atoms with Crippen LogP contribution in [-0.2, 0) is 14.4 Å². The molecule has 1 aliphatic rings. The van der Waals surface area contributed by atoms with Crippen molar-refractivity contribution < 1.29 is 29.0 Å². The number of aliphatic hydroxyl groups is 1. The summed E-state index contributed by atoms with van der Waals surface area (Å²) in [4.78, 5) is 40.5. The van der Waals surface area contributed by atoms with Gasteiger partial charge in [-0.1, -0.05) is 25.5 Å². The number of unbranched alkanes of at least 4 members (excludes halogenated alkanes) is 1. The standard InChI is InChI=1S/C27H33N3O6/c1-4-5-16-35-20-12-8-19(9-13-20)25(32)23-24(30(15-14-29(2)3)27(34)26(23)33)18-6-10-21(11-7-18)36-17-22(28)31/h6-13,24,32H,4-5,14-17H2,1-3H3,(H2,28,31). The van der Waals surface area contributed by atoms with Gasteiger partial charge in [0.1, 0.15) is 17.3 Å². The van der Waals surface area contributed by atoms with Gasteiger partial charge >= 0.3 is 0 Å². The second-order valence-electron chi connectivity index (χ2n) is 8.85. The fourth-order valence-electron chi connectivity index (χ4n) is 3.86. The van der Waals surface area contributed by atoms with Gasteiger partial charge in [-0.15, -0.1) is 0 Å². The van der Waals surface area contributed by atoms with E-state index < -0.39 is 23.6 Å². The van der Waals surface area contributed by atoms with Crippen LogP contribution in [0.1, 0.15) is 36.9 Å². The first-order chi connectivity index (χ1) is 17.2. The van der Waals surface area contributed by atoms with Gasteiger partial charge in [0, 0.05) is 18.7 Å². The Morgan fingerprint density at radius 3 is 2.22 bits per heavy atom. The van der Waals surface area contributed by atoms with E-state index in [0.29, 0.717) is 42.3 Å². The number of nitrogens with zero attached hydrogens (tertiary/aromatic N) is 2. The van der Waals surface area contributed by atoms with E-state index in [0.717, 1.165) is 12.8 Å². The van der Waals surface area contributed by atoms with Crippen molar-refractivity contribution in [1.29, 1.82) is 0 Å². The van der Waals surface area contributed by atoms with Crippen LogP contribution in [0.15, 0.2) is 54.1 Å². The molecule has 2 aromatic rings. The minimum Gasteiger partial charge on any atom is -0.507 e. The van der Waals surface area contributed by atoms with E-state index in [-0.39, 0.29) is 17.9 Å². The van der Waals surface area contributed by atoms with Gasteiger partial charge in [-0.2, -0.15) is 0 Å². The molecule has 36 heavy (non-hydrogen) atoms. The summed E-state index contributed by atoms with van der Waals surface area (Å²) in [5.74, 6) is -1.18. The summed E-state index contributed by atoms with van der Waals surface area (Å²) in [7, 11) is 3.75. The molecule has 0 radical (unpaired) electrons. The van der Waals surface area contributed by atoms with E-state index in [4.69, 9.17) is 15.2 Å². The molecule has 1 fully saturated rings. The molecular formula is C27H33N3O6. The van der Waals surface area contributed by atoms with E-state index in [9.17, 15) is 19.5 Å². The summed E-state index contributed by atoms with van der Waals surface area (Å²) < 4.78 is 11.0. The van der Waals surface area contributed by atoms with E-state index in [2.05, 4.69) is 6.92 Å². The predicted molar refractivity (Wildman–Crippen MR) is 136 cm³/mol. The molecule has 192 valence electrons. The normalized spacial score (nSPS) is 17.0. The number of nitrogens with two attached hydrogens (primary N) is 1. The van der Waals surface area contributed by atoms with Gasteiger partial charge in [0.2, 0.25) is 0 Å². The maximum absolute atomic E-state index is 13.1. The van der Waals surface area contributed by atoms with Crippen molar-refractivity contribution in [2.24, 2.45) is 5.73 Å². The molecule has 1 aliphatic heterocycles. The van der Waals surface area contributed by atoms with Gasteiger partial charge < -0.3 is 30.1 Å². The molecule has 1 atom stereocenters. The number of hydrogen-bond donors (Lipinski definition) is 2. The number of carbonyl (C=O) groups is 3. The highest BCUT2D eigenvalue weighted by molar-refractivity contribution is 6.46. The molecule has 1 saturated heterocycles. The van der Waals surface area contributed by atoms with Crippen LogP contribution < -0.4 is 15.2 Å². The van der Waals surface area contributed by atoms with Gasteiger partial charge in [-0.05, 0) is 62.5 Å². The molecule has 1 unspecified atom stereocenters. The monoisotopic (exact) mass is 495 g/mol. The van der Waals surface area contributed by atoms with Gasteiger partial charge in [-0.3, -0.25) is 14.4 Å². The largest absolute Gasteiger partial charge is 0.507 e. The van der Waals surface area contributed by atoms with Crippen molar-refractivity contribution in [3.63, 3.8) is 0 Å². The van der Waals surface area contributed by atoms with Crippen molar-refractivity contribution in [2.45, 2.75) is 25.8 Å². The van der Waals surface area contributed by atoms with Crippen LogP contribution in [0.2, 0.25) is 0 Å². The lowest BCUT2D eigenvalue weighted by molar-refractivity contribution is -0.140. The van der Waals surface area contributed by atoms with E-state index >= 15 is 0 Å². The first-order valence-electron chi connectivity index (χ1n) is 11.9. The highest BCUT2D eigenvalue weighted by atomic mass is 16.5.